The molecule has 1 aliphatic carbocycles. The third kappa shape index (κ3) is 2.75. The molecular formula is C9H12W. The molecule has 54 valence electrons. The molecule has 1 aliphatic rings. The molecule has 0 radical (unpaired) electrons. The summed E-state index contributed by atoms with van der Waals surface area (Å²) in [6.07, 6.45) is 12.1. The van der Waals surface area contributed by atoms with Crippen LogP contribution in [0.15, 0.2) is 23.8 Å². The van der Waals surface area contributed by atoms with Gasteiger partial charge in [0.05, 0.1) is 0 Å². The van der Waals surface area contributed by atoms with Gasteiger partial charge in [0.2, 0.25) is 0 Å². The number of allylic oxidation sites excluding steroid dienone is 4. The predicted molar refractivity (Wildman–Crippen MR) is 41.8 cm³/mol. The van der Waals surface area contributed by atoms with Crippen LogP contribution in [0.2, 0.25) is 0 Å². The van der Waals surface area contributed by atoms with Gasteiger partial charge in [-0.05, 0) is 0 Å². The average Bonchev–Trinajstić information content (AvgIpc) is 2.03. The van der Waals surface area contributed by atoms with Crippen LogP contribution in [0.5, 0.6) is 0 Å². The fourth-order valence-corrected chi connectivity index (χ4v) is 1.46. The van der Waals surface area contributed by atoms with Crippen LogP contribution >= 0.6 is 0 Å². The van der Waals surface area contributed by atoms with Gasteiger partial charge < -0.3 is 0 Å². The standard InChI is InChI=1S/C9H12.W/c1-2-6-9-7-4-3-5-8-9;/h1-2,6-7H,3-5,8H2;/b6-2-;. The van der Waals surface area contributed by atoms with Crippen molar-refractivity contribution in [2.45, 2.75) is 25.7 Å². The molecule has 0 bridgehead atoms. The van der Waals surface area contributed by atoms with E-state index in [4.69, 9.17) is 0 Å². The van der Waals surface area contributed by atoms with E-state index < -0.39 is 0 Å². The maximum atomic E-state index is 2.36. The summed E-state index contributed by atoms with van der Waals surface area (Å²) < 4.78 is 2.16. The van der Waals surface area contributed by atoms with Crippen molar-refractivity contribution in [1.29, 1.82) is 0 Å². The molecular weight excluding hydrogens is 292 g/mol. The Hall–Kier alpha value is 0.0383. The van der Waals surface area contributed by atoms with Crippen molar-refractivity contribution in [3.8, 4) is 0 Å². The molecule has 0 unspecified atom stereocenters. The Morgan fingerprint density at radius 2 is 2.30 bits per heavy atom. The second-order valence-corrected chi connectivity index (χ2v) is 3.50. The summed E-state index contributed by atoms with van der Waals surface area (Å²) in [7, 11) is 0. The van der Waals surface area contributed by atoms with Gasteiger partial charge in [-0.2, -0.15) is 0 Å². The van der Waals surface area contributed by atoms with Crippen molar-refractivity contribution in [3.63, 3.8) is 0 Å². The second-order valence-electron chi connectivity index (χ2n) is 2.52. The van der Waals surface area contributed by atoms with Crippen LogP contribution in [0.25, 0.3) is 0 Å². The summed E-state index contributed by atoms with van der Waals surface area (Å²) in [4.78, 5) is 0. The molecule has 0 fully saturated rings. The predicted octanol–water partition coefficient (Wildman–Crippen LogP) is 2.39. The molecule has 0 aromatic rings. The molecule has 10 heavy (non-hydrogen) atoms. The number of rotatable bonds is 2. The molecule has 1 heteroatoms. The van der Waals surface area contributed by atoms with E-state index in [0.29, 0.717) is 0 Å². The zero-order valence-electron chi connectivity index (χ0n) is 6.05. The van der Waals surface area contributed by atoms with Crippen LogP contribution in [-0.2, 0) is 19.4 Å². The van der Waals surface area contributed by atoms with E-state index in [-0.39, 0.29) is 0 Å². The minimum absolute atomic E-state index is 1.29. The molecule has 0 aliphatic heterocycles. The Kier molecular flexibility index (Phi) is 3.90. The van der Waals surface area contributed by atoms with Gasteiger partial charge in [0.1, 0.15) is 0 Å². The SMILES string of the molecule is [W]=[CH]/C=C\C1=CCCCC1. The third-order valence-electron chi connectivity index (χ3n) is 1.71. The Morgan fingerprint density at radius 1 is 1.40 bits per heavy atom. The quantitative estimate of drug-likeness (QED) is 0.735. The zero-order valence-corrected chi connectivity index (χ0v) is 8.98. The van der Waals surface area contributed by atoms with E-state index in [9.17, 15) is 0 Å². The maximum absolute atomic E-state index is 2.36. The van der Waals surface area contributed by atoms with E-state index >= 15 is 0 Å². The first-order valence-corrected chi connectivity index (χ1v) is 5.44. The van der Waals surface area contributed by atoms with Crippen molar-refractivity contribution in [2.24, 2.45) is 0 Å². The molecule has 0 saturated carbocycles. The van der Waals surface area contributed by atoms with Gasteiger partial charge in [0.25, 0.3) is 0 Å². The molecule has 0 aromatic carbocycles. The van der Waals surface area contributed by atoms with E-state index in [1.165, 1.54) is 50.6 Å². The normalized spacial score (nSPS) is 19.0. The average molecular weight is 304 g/mol. The summed E-state index contributed by atoms with van der Waals surface area (Å²) in [5, 5.41) is 0. The summed E-state index contributed by atoms with van der Waals surface area (Å²) in [5.41, 5.74) is 1.53. The Balaban J connectivity index is 2.45. The summed E-state index contributed by atoms with van der Waals surface area (Å²) in [6, 6.07) is 0. The van der Waals surface area contributed by atoms with Gasteiger partial charge in [-0.25, -0.2) is 0 Å². The molecule has 0 nitrogen and oxygen atoms in total. The number of hydrogen-bond acceptors (Lipinski definition) is 0. The van der Waals surface area contributed by atoms with Crippen molar-refractivity contribution in [1.82, 2.24) is 0 Å². The van der Waals surface area contributed by atoms with Gasteiger partial charge in [0, 0.05) is 0 Å². The first-order chi connectivity index (χ1) is 4.93. The molecule has 1 rings (SSSR count). The van der Waals surface area contributed by atoms with E-state index in [1.54, 1.807) is 0 Å². The topological polar surface area (TPSA) is 0 Å². The third-order valence-corrected chi connectivity index (χ3v) is 2.28. The van der Waals surface area contributed by atoms with Crippen LogP contribution in [0, 0.1) is 0 Å². The minimum atomic E-state index is 1.29. The van der Waals surface area contributed by atoms with E-state index in [0.717, 1.165) is 0 Å². The molecule has 0 saturated heterocycles. The molecule has 0 spiro atoms. The first-order valence-electron chi connectivity index (χ1n) is 3.74. The Morgan fingerprint density at radius 3 is 2.90 bits per heavy atom. The van der Waals surface area contributed by atoms with Gasteiger partial charge in [-0.1, -0.05) is 0 Å². The fourth-order valence-electron chi connectivity index (χ4n) is 1.18. The fraction of sp³-hybridized carbons (Fsp3) is 0.444. The summed E-state index contributed by atoms with van der Waals surface area (Å²) in [5.74, 6) is 0. The second kappa shape index (κ2) is 4.79. The molecule has 0 amide bonds. The molecule has 0 atom stereocenters. The van der Waals surface area contributed by atoms with Crippen LogP contribution in [-0.4, -0.2) is 4.40 Å². The van der Waals surface area contributed by atoms with Crippen LogP contribution in [0.3, 0.4) is 0 Å². The van der Waals surface area contributed by atoms with E-state index in [1.807, 2.05) is 0 Å². The summed E-state index contributed by atoms with van der Waals surface area (Å²) >= 11 is 1.53. The van der Waals surface area contributed by atoms with Crippen LogP contribution in [0.4, 0.5) is 0 Å². The van der Waals surface area contributed by atoms with Crippen LogP contribution in [0.1, 0.15) is 25.7 Å². The Bertz CT molecular complexity index is 163. The van der Waals surface area contributed by atoms with Crippen molar-refractivity contribution in [2.75, 3.05) is 0 Å². The van der Waals surface area contributed by atoms with Crippen molar-refractivity contribution in [3.05, 3.63) is 23.8 Å². The monoisotopic (exact) mass is 304 g/mol. The van der Waals surface area contributed by atoms with Crippen LogP contribution < -0.4 is 0 Å². The summed E-state index contributed by atoms with van der Waals surface area (Å²) in [6.45, 7) is 0. The van der Waals surface area contributed by atoms with Crippen molar-refractivity contribution >= 4 is 4.40 Å². The van der Waals surface area contributed by atoms with E-state index in [2.05, 4.69) is 22.6 Å². The van der Waals surface area contributed by atoms with Gasteiger partial charge in [-0.3, -0.25) is 0 Å². The first kappa shape index (κ1) is 8.14. The van der Waals surface area contributed by atoms with Gasteiger partial charge in [-0.15, -0.1) is 0 Å². The molecule has 0 N–H and O–H groups in total. The van der Waals surface area contributed by atoms with Gasteiger partial charge in [0.15, 0.2) is 0 Å². The zero-order chi connectivity index (χ0) is 7.23. The van der Waals surface area contributed by atoms with Crippen molar-refractivity contribution < 1.29 is 19.4 Å². The molecule has 0 heterocycles. The Labute approximate surface area is 73.4 Å². The van der Waals surface area contributed by atoms with Gasteiger partial charge >= 0.3 is 73.2 Å². The molecule has 0 aromatic heterocycles. The number of hydrogen-bond donors (Lipinski definition) is 0.